The lowest BCUT2D eigenvalue weighted by molar-refractivity contribution is 0.280. The molecule has 2 aromatic rings. The van der Waals surface area contributed by atoms with Crippen LogP contribution in [0, 0.1) is 6.92 Å². The predicted octanol–water partition coefficient (Wildman–Crippen LogP) is 3.35. The number of benzene rings is 2. The van der Waals surface area contributed by atoms with Crippen LogP contribution in [0.15, 0.2) is 42.5 Å². The molecule has 0 amide bonds. The minimum atomic E-state index is 0.0694. The van der Waals surface area contributed by atoms with Gasteiger partial charge < -0.3 is 15.2 Å². The lowest BCUT2D eigenvalue weighted by Crippen LogP contribution is -2.19. The Labute approximate surface area is 126 Å². The summed E-state index contributed by atoms with van der Waals surface area (Å²) in [5, 5.41) is 12.9. The van der Waals surface area contributed by atoms with Gasteiger partial charge in [-0.1, -0.05) is 42.0 Å². The first-order valence-corrected chi connectivity index (χ1v) is 7.21. The van der Waals surface area contributed by atoms with Gasteiger partial charge in [0.1, 0.15) is 5.75 Å². The lowest BCUT2D eigenvalue weighted by atomic mass is 10.0. The van der Waals surface area contributed by atoms with Crippen LogP contribution in [0.4, 0.5) is 0 Å². The molecule has 0 heterocycles. The average molecular weight is 285 g/mol. The Morgan fingerprint density at radius 1 is 1.14 bits per heavy atom. The quantitative estimate of drug-likeness (QED) is 0.855. The van der Waals surface area contributed by atoms with Gasteiger partial charge in [-0.15, -0.1) is 0 Å². The summed E-state index contributed by atoms with van der Waals surface area (Å²) in [4.78, 5) is 0. The van der Waals surface area contributed by atoms with E-state index >= 15 is 0 Å². The number of aliphatic hydroxyl groups excluding tert-OH is 1. The van der Waals surface area contributed by atoms with Crippen molar-refractivity contribution < 1.29 is 9.84 Å². The number of aliphatic hydroxyl groups is 1. The van der Waals surface area contributed by atoms with Crippen LogP contribution < -0.4 is 10.1 Å². The standard InChI is InChI=1S/C18H23NO2/c1-13-8-9-18(21-3)17(10-13)14(2)19-11-15-6-4-5-7-16(15)12-20/h4-10,14,19-20H,11-12H2,1-3H3. The van der Waals surface area contributed by atoms with Gasteiger partial charge in [0.25, 0.3) is 0 Å². The highest BCUT2D eigenvalue weighted by molar-refractivity contribution is 5.39. The Kier molecular flexibility index (Phi) is 5.37. The molecule has 0 aromatic heterocycles. The highest BCUT2D eigenvalue weighted by Gasteiger charge is 2.12. The molecule has 3 heteroatoms. The number of methoxy groups -OCH3 is 1. The highest BCUT2D eigenvalue weighted by Crippen LogP contribution is 2.26. The molecule has 0 bridgehead atoms. The first kappa shape index (κ1) is 15.5. The van der Waals surface area contributed by atoms with Crippen LogP contribution >= 0.6 is 0 Å². The van der Waals surface area contributed by atoms with Crippen molar-refractivity contribution in [2.45, 2.75) is 33.0 Å². The molecule has 0 radical (unpaired) electrons. The van der Waals surface area contributed by atoms with Gasteiger partial charge in [0, 0.05) is 18.2 Å². The van der Waals surface area contributed by atoms with Crippen LogP contribution in [0.25, 0.3) is 0 Å². The number of rotatable bonds is 6. The molecule has 0 fully saturated rings. The van der Waals surface area contributed by atoms with Crippen LogP contribution in [0.1, 0.15) is 35.2 Å². The van der Waals surface area contributed by atoms with E-state index in [-0.39, 0.29) is 12.6 Å². The topological polar surface area (TPSA) is 41.5 Å². The van der Waals surface area contributed by atoms with Gasteiger partial charge in [-0.3, -0.25) is 0 Å². The van der Waals surface area contributed by atoms with E-state index in [0.29, 0.717) is 0 Å². The van der Waals surface area contributed by atoms with Crippen molar-refractivity contribution in [1.29, 1.82) is 0 Å². The summed E-state index contributed by atoms with van der Waals surface area (Å²) in [7, 11) is 1.70. The molecule has 0 saturated carbocycles. The van der Waals surface area contributed by atoms with Gasteiger partial charge in [-0.05, 0) is 31.0 Å². The van der Waals surface area contributed by atoms with Gasteiger partial charge in [-0.25, -0.2) is 0 Å². The molecule has 0 aliphatic carbocycles. The summed E-state index contributed by atoms with van der Waals surface area (Å²) in [6.07, 6.45) is 0. The number of aryl methyl sites for hydroxylation is 1. The van der Waals surface area contributed by atoms with E-state index < -0.39 is 0 Å². The zero-order valence-corrected chi connectivity index (χ0v) is 12.9. The monoisotopic (exact) mass is 285 g/mol. The zero-order chi connectivity index (χ0) is 15.2. The Bertz CT molecular complexity index is 596. The summed E-state index contributed by atoms with van der Waals surface area (Å²) < 4.78 is 5.44. The van der Waals surface area contributed by atoms with E-state index in [9.17, 15) is 5.11 Å². The number of hydrogen-bond acceptors (Lipinski definition) is 3. The number of hydrogen-bond donors (Lipinski definition) is 2. The summed E-state index contributed by atoms with van der Waals surface area (Å²) in [5.74, 6) is 0.899. The number of ether oxygens (including phenoxy) is 1. The van der Waals surface area contributed by atoms with Gasteiger partial charge >= 0.3 is 0 Å². The largest absolute Gasteiger partial charge is 0.496 e. The lowest BCUT2D eigenvalue weighted by Gasteiger charge is -2.19. The second-order valence-corrected chi connectivity index (χ2v) is 5.27. The maximum atomic E-state index is 9.37. The molecule has 1 atom stereocenters. The molecular weight excluding hydrogens is 262 g/mol. The third-order valence-corrected chi connectivity index (χ3v) is 3.74. The van der Waals surface area contributed by atoms with Crippen molar-refractivity contribution in [2.75, 3.05) is 7.11 Å². The minimum absolute atomic E-state index is 0.0694. The van der Waals surface area contributed by atoms with Gasteiger partial charge in [-0.2, -0.15) is 0 Å². The fourth-order valence-corrected chi connectivity index (χ4v) is 2.45. The Hall–Kier alpha value is -1.84. The Balaban J connectivity index is 2.11. The smallest absolute Gasteiger partial charge is 0.123 e. The molecule has 0 spiro atoms. The van der Waals surface area contributed by atoms with Crippen LogP contribution in [0.2, 0.25) is 0 Å². The van der Waals surface area contributed by atoms with E-state index in [2.05, 4.69) is 31.3 Å². The van der Waals surface area contributed by atoms with Crippen molar-refractivity contribution in [3.05, 3.63) is 64.7 Å². The Morgan fingerprint density at radius 2 is 1.86 bits per heavy atom. The molecular formula is C18H23NO2. The fraction of sp³-hybridized carbons (Fsp3) is 0.333. The first-order valence-electron chi connectivity index (χ1n) is 7.21. The second kappa shape index (κ2) is 7.25. The van der Waals surface area contributed by atoms with Crippen LogP contribution in [-0.4, -0.2) is 12.2 Å². The normalized spacial score (nSPS) is 12.2. The first-order chi connectivity index (χ1) is 10.2. The maximum Gasteiger partial charge on any atom is 0.123 e. The van der Waals surface area contributed by atoms with Crippen LogP contribution in [-0.2, 0) is 13.2 Å². The zero-order valence-electron chi connectivity index (χ0n) is 12.9. The molecule has 2 aromatic carbocycles. The molecule has 2 N–H and O–H groups in total. The molecule has 112 valence electrons. The van der Waals surface area contributed by atoms with E-state index in [1.165, 1.54) is 5.56 Å². The summed E-state index contributed by atoms with van der Waals surface area (Å²) in [6.45, 7) is 4.99. The van der Waals surface area contributed by atoms with Crippen molar-refractivity contribution in [2.24, 2.45) is 0 Å². The van der Waals surface area contributed by atoms with Gasteiger partial charge in [0.15, 0.2) is 0 Å². The fourth-order valence-electron chi connectivity index (χ4n) is 2.45. The minimum Gasteiger partial charge on any atom is -0.496 e. The molecule has 0 saturated heterocycles. The third-order valence-electron chi connectivity index (χ3n) is 3.74. The third kappa shape index (κ3) is 3.84. The average Bonchev–Trinajstić information content (AvgIpc) is 2.52. The van der Waals surface area contributed by atoms with Crippen molar-refractivity contribution in [3.63, 3.8) is 0 Å². The molecule has 21 heavy (non-hydrogen) atoms. The maximum absolute atomic E-state index is 9.37. The van der Waals surface area contributed by atoms with Crippen molar-refractivity contribution >= 4 is 0 Å². The van der Waals surface area contributed by atoms with E-state index in [1.807, 2.05) is 30.3 Å². The molecule has 0 aliphatic rings. The van der Waals surface area contributed by atoms with E-state index in [4.69, 9.17) is 4.74 Å². The molecule has 1 unspecified atom stereocenters. The van der Waals surface area contributed by atoms with Crippen LogP contribution in [0.5, 0.6) is 5.75 Å². The van der Waals surface area contributed by atoms with Gasteiger partial charge in [0.2, 0.25) is 0 Å². The van der Waals surface area contributed by atoms with Gasteiger partial charge in [0.05, 0.1) is 13.7 Å². The highest BCUT2D eigenvalue weighted by atomic mass is 16.5. The second-order valence-electron chi connectivity index (χ2n) is 5.27. The van der Waals surface area contributed by atoms with Crippen molar-refractivity contribution in [3.8, 4) is 5.75 Å². The summed E-state index contributed by atoms with van der Waals surface area (Å²) in [5.41, 5.74) is 4.46. The van der Waals surface area contributed by atoms with E-state index in [1.54, 1.807) is 7.11 Å². The summed E-state index contributed by atoms with van der Waals surface area (Å²) >= 11 is 0. The molecule has 2 rings (SSSR count). The molecule has 0 aliphatic heterocycles. The van der Waals surface area contributed by atoms with Crippen LogP contribution in [0.3, 0.4) is 0 Å². The van der Waals surface area contributed by atoms with Crippen molar-refractivity contribution in [1.82, 2.24) is 5.32 Å². The molecule has 3 nitrogen and oxygen atoms in total. The number of nitrogens with one attached hydrogen (secondary N) is 1. The Morgan fingerprint density at radius 3 is 2.52 bits per heavy atom. The summed E-state index contributed by atoms with van der Waals surface area (Å²) in [6, 6.07) is 14.3. The SMILES string of the molecule is COc1ccc(C)cc1C(C)NCc1ccccc1CO. The predicted molar refractivity (Wildman–Crippen MR) is 85.4 cm³/mol. The van der Waals surface area contributed by atoms with E-state index in [0.717, 1.165) is 29.0 Å².